The van der Waals surface area contributed by atoms with Crippen LogP contribution in [0.4, 0.5) is 5.69 Å². The Morgan fingerprint density at radius 3 is 3.00 bits per heavy atom. The summed E-state index contributed by atoms with van der Waals surface area (Å²) in [5.41, 5.74) is 6.81. The van der Waals surface area contributed by atoms with Crippen LogP contribution < -0.4 is 5.73 Å². The minimum Gasteiger partial charge on any atom is -0.397 e. The minimum absolute atomic E-state index is 0.00817. The average Bonchev–Trinajstić information content (AvgIpc) is 2.68. The summed E-state index contributed by atoms with van der Waals surface area (Å²) in [7, 11) is 0. The Hall–Kier alpha value is -1.62. The van der Waals surface area contributed by atoms with Crippen LogP contribution in [0, 0.1) is 0 Å². The van der Waals surface area contributed by atoms with Crippen molar-refractivity contribution in [2.45, 2.75) is 18.9 Å². The molecule has 0 radical (unpaired) electrons. The van der Waals surface area contributed by atoms with E-state index in [1.807, 2.05) is 0 Å². The van der Waals surface area contributed by atoms with Crippen molar-refractivity contribution in [2.75, 3.05) is 18.8 Å². The maximum atomic E-state index is 11.8. The van der Waals surface area contributed by atoms with Crippen molar-refractivity contribution in [3.8, 4) is 0 Å². The summed E-state index contributed by atoms with van der Waals surface area (Å²) in [6, 6.07) is 3.48. The van der Waals surface area contributed by atoms with E-state index in [9.17, 15) is 9.90 Å². The standard InChI is InChI=1S/C11H15N3O2/c12-8-1-2-9(13-6-8)5-11(16)14-4-3-10(15)7-14/h1-2,6,10,15H,3-5,7,12H2. The predicted molar refractivity (Wildman–Crippen MR) is 59.6 cm³/mol. The van der Waals surface area contributed by atoms with E-state index in [1.54, 1.807) is 23.2 Å². The Morgan fingerprint density at radius 1 is 1.62 bits per heavy atom. The van der Waals surface area contributed by atoms with Crippen molar-refractivity contribution >= 4 is 11.6 Å². The summed E-state index contributed by atoms with van der Waals surface area (Å²) in [4.78, 5) is 17.5. The molecule has 1 amide bonds. The SMILES string of the molecule is Nc1ccc(CC(=O)N2CCC(O)C2)nc1. The van der Waals surface area contributed by atoms with Gasteiger partial charge in [-0.25, -0.2) is 0 Å². The highest BCUT2D eigenvalue weighted by Gasteiger charge is 2.24. The van der Waals surface area contributed by atoms with Gasteiger partial charge in [0.1, 0.15) is 0 Å². The van der Waals surface area contributed by atoms with E-state index in [4.69, 9.17) is 5.73 Å². The number of carbonyl (C=O) groups is 1. The zero-order valence-corrected chi connectivity index (χ0v) is 8.97. The summed E-state index contributed by atoms with van der Waals surface area (Å²) < 4.78 is 0. The van der Waals surface area contributed by atoms with Gasteiger partial charge < -0.3 is 15.7 Å². The lowest BCUT2D eigenvalue weighted by Gasteiger charge is -2.14. The molecule has 1 aliphatic heterocycles. The van der Waals surface area contributed by atoms with Crippen LogP contribution in [0.2, 0.25) is 0 Å². The summed E-state index contributed by atoms with van der Waals surface area (Å²) in [6.07, 6.45) is 2.11. The van der Waals surface area contributed by atoms with Gasteiger partial charge in [-0.2, -0.15) is 0 Å². The number of aromatic nitrogens is 1. The predicted octanol–water partition coefficient (Wildman–Crippen LogP) is -0.201. The lowest BCUT2D eigenvalue weighted by atomic mass is 10.2. The second kappa shape index (κ2) is 4.49. The number of anilines is 1. The number of β-amino-alcohol motifs (C(OH)–C–C–N with tert-alkyl or cyclic N) is 1. The first kappa shape index (κ1) is 10.9. The van der Waals surface area contributed by atoms with Gasteiger partial charge in [0, 0.05) is 18.8 Å². The molecular weight excluding hydrogens is 206 g/mol. The summed E-state index contributed by atoms with van der Waals surface area (Å²) in [5.74, 6) is 0.00817. The van der Waals surface area contributed by atoms with Crippen molar-refractivity contribution in [1.82, 2.24) is 9.88 Å². The number of carbonyl (C=O) groups excluding carboxylic acids is 1. The molecule has 1 unspecified atom stereocenters. The number of nitrogens with zero attached hydrogens (tertiary/aromatic N) is 2. The van der Waals surface area contributed by atoms with Gasteiger partial charge in [0.2, 0.25) is 5.91 Å². The van der Waals surface area contributed by atoms with E-state index in [2.05, 4.69) is 4.98 Å². The highest BCUT2D eigenvalue weighted by Crippen LogP contribution is 2.11. The lowest BCUT2D eigenvalue weighted by molar-refractivity contribution is -0.129. The Bertz CT molecular complexity index is 377. The molecule has 0 aliphatic carbocycles. The number of likely N-dealkylation sites (tertiary alicyclic amines) is 1. The number of nitrogens with two attached hydrogens (primary N) is 1. The number of amides is 1. The van der Waals surface area contributed by atoms with Crippen molar-refractivity contribution in [3.63, 3.8) is 0 Å². The molecule has 5 nitrogen and oxygen atoms in total. The summed E-state index contributed by atoms with van der Waals surface area (Å²) >= 11 is 0. The molecule has 1 atom stereocenters. The number of rotatable bonds is 2. The Balaban J connectivity index is 1.94. The molecule has 2 heterocycles. The van der Waals surface area contributed by atoms with Crippen LogP contribution in [0.25, 0.3) is 0 Å². The number of aliphatic hydroxyl groups is 1. The molecule has 16 heavy (non-hydrogen) atoms. The molecular formula is C11H15N3O2. The van der Waals surface area contributed by atoms with Crippen molar-refractivity contribution < 1.29 is 9.90 Å². The number of nitrogen functional groups attached to an aromatic ring is 1. The van der Waals surface area contributed by atoms with Crippen LogP contribution in [0.15, 0.2) is 18.3 Å². The first-order chi connectivity index (χ1) is 7.65. The molecule has 0 aromatic carbocycles. The molecule has 5 heteroatoms. The van der Waals surface area contributed by atoms with Gasteiger partial charge in [0.25, 0.3) is 0 Å². The first-order valence-corrected chi connectivity index (χ1v) is 5.31. The van der Waals surface area contributed by atoms with Crippen molar-refractivity contribution in [1.29, 1.82) is 0 Å². The van der Waals surface area contributed by atoms with Crippen LogP contribution in [0.1, 0.15) is 12.1 Å². The number of hydrogen-bond acceptors (Lipinski definition) is 4. The molecule has 1 aromatic heterocycles. The van der Waals surface area contributed by atoms with Gasteiger partial charge in [-0.05, 0) is 18.6 Å². The normalized spacial score (nSPS) is 20.1. The average molecular weight is 221 g/mol. The second-order valence-electron chi connectivity index (χ2n) is 4.04. The molecule has 86 valence electrons. The quantitative estimate of drug-likeness (QED) is 0.724. The van der Waals surface area contributed by atoms with E-state index in [0.717, 1.165) is 0 Å². The van der Waals surface area contributed by atoms with Gasteiger partial charge in [0.15, 0.2) is 0 Å². The van der Waals surface area contributed by atoms with Gasteiger partial charge in [-0.15, -0.1) is 0 Å². The fraction of sp³-hybridized carbons (Fsp3) is 0.455. The summed E-state index contributed by atoms with van der Waals surface area (Å²) in [5, 5.41) is 9.32. The fourth-order valence-corrected chi connectivity index (χ4v) is 1.78. The van der Waals surface area contributed by atoms with E-state index >= 15 is 0 Å². The first-order valence-electron chi connectivity index (χ1n) is 5.31. The lowest BCUT2D eigenvalue weighted by Crippen LogP contribution is -2.31. The third kappa shape index (κ3) is 2.49. The highest BCUT2D eigenvalue weighted by atomic mass is 16.3. The van der Waals surface area contributed by atoms with Gasteiger partial charge >= 0.3 is 0 Å². The largest absolute Gasteiger partial charge is 0.397 e. The molecule has 2 rings (SSSR count). The van der Waals surface area contributed by atoms with E-state index in [-0.39, 0.29) is 18.4 Å². The monoisotopic (exact) mass is 221 g/mol. The van der Waals surface area contributed by atoms with Gasteiger partial charge in [-0.1, -0.05) is 0 Å². The third-order valence-electron chi connectivity index (χ3n) is 2.70. The highest BCUT2D eigenvalue weighted by molar-refractivity contribution is 5.78. The minimum atomic E-state index is -0.372. The smallest absolute Gasteiger partial charge is 0.228 e. The van der Waals surface area contributed by atoms with E-state index in [1.165, 1.54) is 0 Å². The van der Waals surface area contributed by atoms with Gasteiger partial charge in [-0.3, -0.25) is 9.78 Å². The van der Waals surface area contributed by atoms with Crippen molar-refractivity contribution in [3.05, 3.63) is 24.0 Å². The molecule has 0 saturated carbocycles. The van der Waals surface area contributed by atoms with Crippen LogP contribution in [0.3, 0.4) is 0 Å². The number of aliphatic hydroxyl groups excluding tert-OH is 1. The second-order valence-corrected chi connectivity index (χ2v) is 4.04. The zero-order valence-electron chi connectivity index (χ0n) is 8.97. The van der Waals surface area contributed by atoms with Gasteiger partial charge in [0.05, 0.1) is 24.4 Å². The number of hydrogen-bond donors (Lipinski definition) is 2. The maximum absolute atomic E-state index is 11.8. The maximum Gasteiger partial charge on any atom is 0.228 e. The molecule has 0 bridgehead atoms. The Morgan fingerprint density at radius 2 is 2.44 bits per heavy atom. The van der Waals surface area contributed by atoms with Crippen LogP contribution >= 0.6 is 0 Å². The van der Waals surface area contributed by atoms with Crippen LogP contribution in [-0.4, -0.2) is 40.1 Å². The Kier molecular flexibility index (Phi) is 3.05. The number of pyridine rings is 1. The topological polar surface area (TPSA) is 79.5 Å². The molecule has 1 fully saturated rings. The van der Waals surface area contributed by atoms with Crippen LogP contribution in [-0.2, 0) is 11.2 Å². The molecule has 1 aromatic rings. The summed E-state index contributed by atoms with van der Waals surface area (Å²) in [6.45, 7) is 1.07. The van der Waals surface area contributed by atoms with E-state index < -0.39 is 0 Å². The molecule has 0 spiro atoms. The fourth-order valence-electron chi connectivity index (χ4n) is 1.78. The molecule has 1 saturated heterocycles. The Labute approximate surface area is 93.9 Å². The zero-order chi connectivity index (χ0) is 11.5. The van der Waals surface area contributed by atoms with Crippen molar-refractivity contribution in [2.24, 2.45) is 0 Å². The molecule has 1 aliphatic rings. The molecule has 3 N–H and O–H groups in total. The third-order valence-corrected chi connectivity index (χ3v) is 2.70. The van der Waals surface area contributed by atoms with Crippen LogP contribution in [0.5, 0.6) is 0 Å². The van der Waals surface area contributed by atoms with E-state index in [0.29, 0.717) is 30.9 Å².